The number of aryl methyl sites for hydroxylation is 1. The van der Waals surface area contributed by atoms with Gasteiger partial charge in [-0.15, -0.1) is 0 Å². The van der Waals surface area contributed by atoms with Gasteiger partial charge in [0.25, 0.3) is 0 Å². The summed E-state index contributed by atoms with van der Waals surface area (Å²) in [6.45, 7) is 2.00. The lowest BCUT2D eigenvalue weighted by Crippen LogP contribution is -2.50. The average molecular weight is 421 g/mol. The van der Waals surface area contributed by atoms with Crippen molar-refractivity contribution in [3.63, 3.8) is 0 Å². The monoisotopic (exact) mass is 421 g/mol. The SMILES string of the molecule is COc1cccc(CNC(=O)CN2C(=O)N[C@@H](c3ccc(C)cc3)C3=C2COC3=O)c1. The summed E-state index contributed by atoms with van der Waals surface area (Å²) in [5.74, 6) is -0.138. The predicted octanol–water partition coefficient (Wildman–Crippen LogP) is 2.20. The number of nitrogens with zero attached hydrogens (tertiary/aromatic N) is 1. The van der Waals surface area contributed by atoms with Crippen molar-refractivity contribution in [1.82, 2.24) is 15.5 Å². The molecule has 3 amide bonds. The molecule has 4 rings (SSSR count). The van der Waals surface area contributed by atoms with Gasteiger partial charge in [-0.2, -0.15) is 0 Å². The zero-order chi connectivity index (χ0) is 22.0. The van der Waals surface area contributed by atoms with Gasteiger partial charge in [0, 0.05) is 6.54 Å². The Balaban J connectivity index is 1.50. The maximum absolute atomic E-state index is 12.8. The summed E-state index contributed by atoms with van der Waals surface area (Å²) in [7, 11) is 1.58. The lowest BCUT2D eigenvalue weighted by atomic mass is 9.95. The molecule has 1 atom stereocenters. The minimum Gasteiger partial charge on any atom is -0.497 e. The summed E-state index contributed by atoms with van der Waals surface area (Å²) in [5, 5.41) is 5.62. The number of cyclic esters (lactones) is 1. The summed E-state index contributed by atoms with van der Waals surface area (Å²) in [4.78, 5) is 39.0. The number of urea groups is 1. The van der Waals surface area contributed by atoms with Crippen LogP contribution < -0.4 is 15.4 Å². The summed E-state index contributed by atoms with van der Waals surface area (Å²) in [5.41, 5.74) is 3.52. The van der Waals surface area contributed by atoms with Crippen LogP contribution in [0.15, 0.2) is 59.8 Å². The van der Waals surface area contributed by atoms with E-state index in [-0.39, 0.29) is 19.1 Å². The van der Waals surface area contributed by atoms with Crippen molar-refractivity contribution < 1.29 is 23.9 Å². The van der Waals surface area contributed by atoms with E-state index in [0.29, 0.717) is 23.6 Å². The van der Waals surface area contributed by atoms with Crippen LogP contribution in [-0.4, -0.2) is 43.1 Å². The molecule has 0 radical (unpaired) electrons. The van der Waals surface area contributed by atoms with Gasteiger partial charge in [-0.25, -0.2) is 9.59 Å². The highest BCUT2D eigenvalue weighted by molar-refractivity contribution is 5.98. The summed E-state index contributed by atoms with van der Waals surface area (Å²) in [6, 6.07) is 13.9. The van der Waals surface area contributed by atoms with E-state index in [1.807, 2.05) is 55.5 Å². The third-order valence-corrected chi connectivity index (χ3v) is 5.33. The lowest BCUT2D eigenvalue weighted by Gasteiger charge is -2.32. The second-order valence-corrected chi connectivity index (χ2v) is 7.44. The van der Waals surface area contributed by atoms with E-state index in [1.54, 1.807) is 7.11 Å². The third kappa shape index (κ3) is 4.23. The fraction of sp³-hybridized carbons (Fsp3) is 0.261. The zero-order valence-corrected chi connectivity index (χ0v) is 17.3. The molecule has 0 bridgehead atoms. The Morgan fingerprint density at radius 2 is 2.00 bits per heavy atom. The van der Waals surface area contributed by atoms with Crippen molar-refractivity contribution in [2.45, 2.75) is 19.5 Å². The van der Waals surface area contributed by atoms with Gasteiger partial charge in [-0.3, -0.25) is 9.69 Å². The molecule has 0 saturated heterocycles. The molecule has 2 N–H and O–H groups in total. The largest absolute Gasteiger partial charge is 0.497 e. The van der Waals surface area contributed by atoms with Crippen molar-refractivity contribution in [2.24, 2.45) is 0 Å². The molecular formula is C23H23N3O5. The topological polar surface area (TPSA) is 97.0 Å². The molecule has 0 fully saturated rings. The third-order valence-electron chi connectivity index (χ3n) is 5.33. The highest BCUT2D eigenvalue weighted by Crippen LogP contribution is 2.34. The maximum Gasteiger partial charge on any atom is 0.338 e. The van der Waals surface area contributed by atoms with Gasteiger partial charge in [-0.1, -0.05) is 42.0 Å². The van der Waals surface area contributed by atoms with Crippen LogP contribution in [0.1, 0.15) is 22.7 Å². The Hall–Kier alpha value is -3.81. The zero-order valence-electron chi connectivity index (χ0n) is 17.3. The van der Waals surface area contributed by atoms with E-state index in [2.05, 4.69) is 10.6 Å². The first-order valence-electron chi connectivity index (χ1n) is 9.90. The quantitative estimate of drug-likeness (QED) is 0.697. The van der Waals surface area contributed by atoms with Crippen LogP contribution in [0, 0.1) is 6.92 Å². The van der Waals surface area contributed by atoms with Crippen LogP contribution in [-0.2, 0) is 20.9 Å². The molecule has 0 aliphatic carbocycles. The van der Waals surface area contributed by atoms with Crippen LogP contribution in [0.5, 0.6) is 5.75 Å². The number of methoxy groups -OCH3 is 1. The van der Waals surface area contributed by atoms with Crippen molar-refractivity contribution in [3.8, 4) is 5.75 Å². The Labute approximate surface area is 179 Å². The second-order valence-electron chi connectivity index (χ2n) is 7.44. The molecule has 8 nitrogen and oxygen atoms in total. The van der Waals surface area contributed by atoms with E-state index in [0.717, 1.165) is 16.7 Å². The number of carbonyl (C=O) groups is 3. The molecular weight excluding hydrogens is 398 g/mol. The molecule has 31 heavy (non-hydrogen) atoms. The molecule has 2 heterocycles. The first kappa shape index (κ1) is 20.5. The number of rotatable bonds is 6. The van der Waals surface area contributed by atoms with E-state index in [4.69, 9.17) is 9.47 Å². The van der Waals surface area contributed by atoms with E-state index in [1.165, 1.54) is 4.90 Å². The van der Waals surface area contributed by atoms with Crippen LogP contribution in [0.4, 0.5) is 4.79 Å². The first-order valence-corrected chi connectivity index (χ1v) is 9.90. The number of hydrogen-bond donors (Lipinski definition) is 2. The molecule has 0 unspecified atom stereocenters. The van der Waals surface area contributed by atoms with Gasteiger partial charge in [-0.05, 0) is 30.2 Å². The molecule has 2 aliphatic heterocycles. The predicted molar refractivity (Wildman–Crippen MR) is 112 cm³/mol. The normalized spacial score (nSPS) is 17.7. The summed E-state index contributed by atoms with van der Waals surface area (Å²) < 4.78 is 10.4. The van der Waals surface area contributed by atoms with Gasteiger partial charge in [0.2, 0.25) is 5.91 Å². The Morgan fingerprint density at radius 3 is 2.74 bits per heavy atom. The van der Waals surface area contributed by atoms with Crippen molar-refractivity contribution in [2.75, 3.05) is 20.3 Å². The minimum absolute atomic E-state index is 0.0346. The molecule has 2 aromatic carbocycles. The molecule has 0 aromatic heterocycles. The van der Waals surface area contributed by atoms with Crippen molar-refractivity contribution >= 4 is 17.9 Å². The van der Waals surface area contributed by atoms with Gasteiger partial charge >= 0.3 is 12.0 Å². The van der Waals surface area contributed by atoms with Crippen LogP contribution >= 0.6 is 0 Å². The molecule has 2 aromatic rings. The fourth-order valence-electron chi connectivity index (χ4n) is 3.67. The summed E-state index contributed by atoms with van der Waals surface area (Å²) in [6.07, 6.45) is 0. The smallest absolute Gasteiger partial charge is 0.338 e. The molecule has 2 aliphatic rings. The Bertz CT molecular complexity index is 1060. The first-order chi connectivity index (χ1) is 15.0. The summed E-state index contributed by atoms with van der Waals surface area (Å²) >= 11 is 0. The van der Waals surface area contributed by atoms with Crippen LogP contribution in [0.3, 0.4) is 0 Å². The number of nitrogens with one attached hydrogen (secondary N) is 2. The standard InChI is InChI=1S/C23H23N3O5/c1-14-6-8-16(9-7-14)21-20-18(13-31-22(20)28)26(23(29)25-21)12-19(27)24-11-15-4-3-5-17(10-15)30-2/h3-10,21H,11-13H2,1-2H3,(H,24,27)(H,25,29)/t21-/m0/s1. The number of ether oxygens (including phenoxy) is 2. The van der Waals surface area contributed by atoms with E-state index in [9.17, 15) is 14.4 Å². The van der Waals surface area contributed by atoms with Gasteiger partial charge in [0.1, 0.15) is 18.9 Å². The number of esters is 1. The molecule has 8 heteroatoms. The number of benzene rings is 2. The number of amides is 3. The molecule has 0 saturated carbocycles. The number of carbonyl (C=O) groups excluding carboxylic acids is 3. The second kappa shape index (κ2) is 8.51. The lowest BCUT2D eigenvalue weighted by molar-refractivity contribution is -0.136. The highest BCUT2D eigenvalue weighted by atomic mass is 16.5. The number of hydrogen-bond acceptors (Lipinski definition) is 5. The van der Waals surface area contributed by atoms with Gasteiger partial charge in [0.15, 0.2) is 0 Å². The fourth-order valence-corrected chi connectivity index (χ4v) is 3.67. The van der Waals surface area contributed by atoms with Crippen LogP contribution in [0.2, 0.25) is 0 Å². The minimum atomic E-state index is -0.603. The van der Waals surface area contributed by atoms with E-state index >= 15 is 0 Å². The van der Waals surface area contributed by atoms with Gasteiger partial charge in [0.05, 0.1) is 24.4 Å². The molecule has 0 spiro atoms. The maximum atomic E-state index is 12.8. The highest BCUT2D eigenvalue weighted by Gasteiger charge is 2.42. The molecule has 160 valence electrons. The van der Waals surface area contributed by atoms with Crippen LogP contribution in [0.25, 0.3) is 0 Å². The Kier molecular flexibility index (Phi) is 5.62. The van der Waals surface area contributed by atoms with Crippen molar-refractivity contribution in [3.05, 3.63) is 76.5 Å². The van der Waals surface area contributed by atoms with Crippen molar-refractivity contribution in [1.29, 1.82) is 0 Å². The average Bonchev–Trinajstić information content (AvgIpc) is 3.16. The van der Waals surface area contributed by atoms with E-state index < -0.39 is 18.0 Å². The van der Waals surface area contributed by atoms with Gasteiger partial charge < -0.3 is 20.1 Å². The Morgan fingerprint density at radius 1 is 1.23 bits per heavy atom.